The number of carbonyl (C=O) groups is 14. The molecule has 3 aliphatic carbocycles. The molecule has 0 amide bonds. The van der Waals surface area contributed by atoms with Crippen molar-refractivity contribution in [3.63, 3.8) is 0 Å². The zero-order valence-electron chi connectivity index (χ0n) is 60.3. The van der Waals surface area contributed by atoms with E-state index >= 15 is 0 Å². The van der Waals surface area contributed by atoms with Gasteiger partial charge in [0.2, 0.25) is 11.2 Å². The van der Waals surface area contributed by atoms with Gasteiger partial charge < -0.3 is 76.5 Å². The van der Waals surface area contributed by atoms with Crippen molar-refractivity contribution >= 4 is 83.6 Å². The minimum absolute atomic E-state index is 0.0335. The lowest BCUT2D eigenvalue weighted by Crippen LogP contribution is -2.49. The van der Waals surface area contributed by atoms with Crippen LogP contribution in [0.2, 0.25) is 0 Å². The first-order valence-electron chi connectivity index (χ1n) is 34.6. The zero-order chi connectivity index (χ0) is 80.7. The number of rotatable bonds is 44. The van der Waals surface area contributed by atoms with Crippen molar-refractivity contribution in [1.82, 2.24) is 0 Å². The molecule has 3 aliphatic rings. The second-order valence-corrected chi connectivity index (χ2v) is 25.2. The van der Waals surface area contributed by atoms with E-state index < -0.39 is 228 Å². The Bertz CT molecular complexity index is 3900. The largest absolute Gasteiger partial charge is 0.490 e. The van der Waals surface area contributed by atoms with Crippen molar-refractivity contribution in [2.24, 2.45) is 23.7 Å². The summed E-state index contributed by atoms with van der Waals surface area (Å²) in [7, 11) is 0. The fraction of sp³-hybridized carbons (Fsp3) is 0.333. The van der Waals surface area contributed by atoms with Gasteiger partial charge in [0.1, 0.15) is 77.6 Å². The molecule has 586 valence electrons. The molecule has 0 aromatic heterocycles. The highest BCUT2D eigenvalue weighted by molar-refractivity contribution is 5.88. The Hall–Kier alpha value is -13.0. The van der Waals surface area contributed by atoms with Gasteiger partial charge in [0.25, 0.3) is 0 Å². The van der Waals surface area contributed by atoms with Gasteiger partial charge in [-0.15, -0.1) is 0 Å². The van der Waals surface area contributed by atoms with E-state index in [0.29, 0.717) is 0 Å². The average Bonchev–Trinajstić information content (AvgIpc) is 1.55. The third-order valence-electron chi connectivity index (χ3n) is 17.5. The monoisotopic (exact) mass is 1530 g/mol. The van der Waals surface area contributed by atoms with Crippen molar-refractivity contribution in [3.05, 3.63) is 220 Å². The fourth-order valence-corrected chi connectivity index (χ4v) is 11.9. The smallest absolute Gasteiger partial charge is 0.331 e. The van der Waals surface area contributed by atoms with Gasteiger partial charge >= 0.3 is 83.6 Å². The van der Waals surface area contributed by atoms with E-state index in [1.54, 1.807) is 48.6 Å². The van der Waals surface area contributed by atoms with Crippen LogP contribution < -0.4 is 9.47 Å². The van der Waals surface area contributed by atoms with Crippen LogP contribution >= 0.6 is 0 Å². The summed E-state index contributed by atoms with van der Waals surface area (Å²) in [6.45, 7) is 12.8. The summed E-state index contributed by atoms with van der Waals surface area (Å²) in [5, 5.41) is 20.0. The number of hydrogen-bond acceptors (Lipinski definition) is 28. The second-order valence-electron chi connectivity index (χ2n) is 25.2. The third kappa shape index (κ3) is 24.0. The molecule has 0 radical (unpaired) electrons. The lowest BCUT2D eigenvalue weighted by Gasteiger charge is -2.34. The number of carboxylic acids is 2. The molecule has 7 rings (SSSR count). The van der Waals surface area contributed by atoms with Crippen LogP contribution in [0.1, 0.15) is 73.6 Å². The Kier molecular flexibility index (Phi) is 31.8. The van der Waals surface area contributed by atoms with Gasteiger partial charge in [-0.2, -0.15) is 0 Å². The van der Waals surface area contributed by atoms with Crippen LogP contribution in [0.5, 0.6) is 11.5 Å². The SMILES string of the molecule is C=CC(=O)OCC(COC(=O)C=C)(COC(=O)CCC(=O)OCC(COc1ccc(C2(c3ccc(OCC(COC(=O)CCC(=O)OCC(COC(=O)C=C)(COC(=O)C=C)OC(=O)C=C)OC(=O)C4CC=CCC4C(=O)O)cc3)c3ccccc3-c3ccccc32)cc1)OC(=O)C1CC=CCC1C(=O)O)OC(=O)C=C. The summed E-state index contributed by atoms with van der Waals surface area (Å²) in [5.74, 6) is -18.4. The molecular weight excluding hydrogens is 1450 g/mol. The van der Waals surface area contributed by atoms with Crippen LogP contribution in [0.4, 0.5) is 0 Å². The van der Waals surface area contributed by atoms with Crippen molar-refractivity contribution in [3.8, 4) is 22.6 Å². The molecule has 4 aromatic rings. The molecule has 0 spiro atoms. The van der Waals surface area contributed by atoms with Crippen LogP contribution in [-0.4, -0.2) is 183 Å². The first kappa shape index (κ1) is 85.2. The number of carbonyl (C=O) groups excluding carboxylic acids is 12. The summed E-state index contributed by atoms with van der Waals surface area (Å²) in [6.07, 6.45) is 6.18. The third-order valence-corrected chi connectivity index (χ3v) is 17.5. The van der Waals surface area contributed by atoms with Gasteiger partial charge in [-0.1, -0.05) is 137 Å². The van der Waals surface area contributed by atoms with Crippen molar-refractivity contribution in [2.75, 3.05) is 66.1 Å². The molecule has 30 nitrogen and oxygen atoms in total. The second kappa shape index (κ2) is 41.4. The molecule has 0 aliphatic heterocycles. The fourth-order valence-electron chi connectivity index (χ4n) is 11.9. The van der Waals surface area contributed by atoms with Gasteiger partial charge in [-0.05, 0) is 83.3 Å². The Morgan fingerprint density at radius 3 is 0.964 bits per heavy atom. The van der Waals surface area contributed by atoms with Crippen molar-refractivity contribution in [2.45, 2.75) is 80.2 Å². The number of esters is 12. The van der Waals surface area contributed by atoms with Gasteiger partial charge in [0.05, 0.1) is 54.8 Å². The number of benzene rings is 4. The molecule has 2 N–H and O–H groups in total. The van der Waals surface area contributed by atoms with E-state index in [4.69, 9.17) is 66.3 Å². The normalized spacial score (nSPS) is 16.1. The minimum atomic E-state index is -2.11. The Morgan fingerprint density at radius 1 is 0.369 bits per heavy atom. The van der Waals surface area contributed by atoms with E-state index in [2.05, 4.69) is 39.5 Å². The van der Waals surface area contributed by atoms with Gasteiger partial charge in [0, 0.05) is 36.5 Å². The summed E-state index contributed by atoms with van der Waals surface area (Å²) in [6, 6.07) is 29.5. The molecule has 111 heavy (non-hydrogen) atoms. The molecule has 6 unspecified atom stereocenters. The van der Waals surface area contributed by atoms with E-state index in [9.17, 15) is 77.3 Å². The Morgan fingerprint density at radius 2 is 0.658 bits per heavy atom. The van der Waals surface area contributed by atoms with Crippen LogP contribution in [0.3, 0.4) is 0 Å². The van der Waals surface area contributed by atoms with Crippen LogP contribution in [0.25, 0.3) is 11.1 Å². The molecule has 30 heteroatoms. The van der Waals surface area contributed by atoms with Crippen molar-refractivity contribution in [1.29, 1.82) is 0 Å². The number of aliphatic carboxylic acids is 2. The first-order chi connectivity index (χ1) is 53.2. The average molecular weight is 1540 g/mol. The first-order valence-corrected chi connectivity index (χ1v) is 34.6. The number of hydrogen-bond donors (Lipinski definition) is 2. The highest BCUT2D eigenvalue weighted by Crippen LogP contribution is 2.56. The number of allylic oxidation sites excluding steroid dienone is 4. The lowest BCUT2D eigenvalue weighted by atomic mass is 9.68. The molecule has 0 bridgehead atoms. The quantitative estimate of drug-likeness (QED) is 0.0164. The van der Waals surface area contributed by atoms with E-state index in [0.717, 1.165) is 69.8 Å². The molecule has 6 atom stereocenters. The molecular formula is C81H82O30. The summed E-state index contributed by atoms with van der Waals surface area (Å²) in [4.78, 5) is 178. The molecule has 0 heterocycles. The van der Waals surface area contributed by atoms with Crippen LogP contribution in [0, 0.1) is 23.7 Å². The molecule has 0 saturated heterocycles. The number of carboxylic acid groups (broad SMARTS) is 2. The van der Waals surface area contributed by atoms with E-state index in [1.165, 1.54) is 0 Å². The maximum atomic E-state index is 13.8. The predicted molar refractivity (Wildman–Crippen MR) is 385 cm³/mol. The zero-order valence-corrected chi connectivity index (χ0v) is 60.3. The molecule has 4 aromatic carbocycles. The van der Waals surface area contributed by atoms with E-state index in [-0.39, 0.29) is 37.2 Å². The lowest BCUT2D eigenvalue weighted by molar-refractivity contribution is -0.190. The minimum Gasteiger partial charge on any atom is -0.490 e. The maximum absolute atomic E-state index is 13.8. The summed E-state index contributed by atoms with van der Waals surface area (Å²) in [5.41, 5.74) is -0.192. The summed E-state index contributed by atoms with van der Waals surface area (Å²) >= 11 is 0. The highest BCUT2D eigenvalue weighted by atomic mass is 16.7. The topological polar surface area (TPSA) is 409 Å². The molecule has 0 saturated carbocycles. The number of fused-ring (bicyclic) bond motifs is 3. The Balaban J connectivity index is 1.08. The molecule has 0 fully saturated rings. The van der Waals surface area contributed by atoms with Crippen LogP contribution in [-0.2, 0) is 129 Å². The Labute approximate surface area is 636 Å². The van der Waals surface area contributed by atoms with Crippen LogP contribution in [0.15, 0.2) is 197 Å². The highest BCUT2D eigenvalue weighted by Gasteiger charge is 2.47. The van der Waals surface area contributed by atoms with Gasteiger partial charge in [-0.3, -0.25) is 38.4 Å². The van der Waals surface area contributed by atoms with Gasteiger partial charge in [0.15, 0.2) is 12.2 Å². The summed E-state index contributed by atoms with van der Waals surface area (Å²) < 4.78 is 76.6. The van der Waals surface area contributed by atoms with Crippen molar-refractivity contribution < 1.29 is 144 Å². The maximum Gasteiger partial charge on any atom is 0.331 e. The standard InChI is InChI=1S/C81H82O30/c1-7-65(82)102-45-79(110-69(86)11-5,46-103-66(83)8-2)49-106-73(90)39-37-71(88)100-43-55(108-77(96)61-25-15-13-23-59(61)75(92)93)41-98-53-33-29-51(30-34-53)81(63-27-19-17-21-57(63)58-22-18-20-28-64(58)81)52-31-35-54(36-32-52)99-42-56(109-78(97)62-26-16-14-24-60(62)76(94)95)44-101-72(89)38-40-74(91)107-50-80(111-70(87)12-6,47-104-67(84)9-3)48-105-68(85)10-4/h7-22,27-36,55-56,59-62H,1-6,23-26,37-50H2,(H,92,93)(H,94,95). The van der Waals surface area contributed by atoms with Gasteiger partial charge in [-0.25, -0.2) is 28.8 Å². The number of ether oxygens (including phenoxy) is 14. The van der Waals surface area contributed by atoms with E-state index in [1.807, 2.05) is 72.8 Å². The predicted octanol–water partition coefficient (Wildman–Crippen LogP) is 7.55.